The molecule has 2 aliphatic heterocycles. The van der Waals surface area contributed by atoms with Crippen LogP contribution in [0.25, 0.3) is 0 Å². The molecular formula is C21H32FN3O3. The Labute approximate surface area is 167 Å². The monoisotopic (exact) mass is 393 g/mol. The summed E-state index contributed by atoms with van der Waals surface area (Å²) in [5, 5.41) is 3.42. The maximum absolute atomic E-state index is 13.2. The second kappa shape index (κ2) is 10.7. The van der Waals surface area contributed by atoms with E-state index in [4.69, 9.17) is 14.2 Å². The van der Waals surface area contributed by atoms with Crippen LogP contribution in [-0.2, 0) is 14.2 Å². The molecule has 2 aliphatic rings. The van der Waals surface area contributed by atoms with Crippen LogP contribution in [0.15, 0.2) is 29.3 Å². The summed E-state index contributed by atoms with van der Waals surface area (Å²) in [6.45, 7) is 7.53. The summed E-state index contributed by atoms with van der Waals surface area (Å²) in [5.41, 5.74) is 0.984. The van der Waals surface area contributed by atoms with Gasteiger partial charge in [0, 0.05) is 39.3 Å². The summed E-state index contributed by atoms with van der Waals surface area (Å²) in [6.07, 6.45) is 2.00. The predicted octanol–water partition coefficient (Wildman–Crippen LogP) is 2.61. The Bertz CT molecular complexity index is 620. The first-order valence-corrected chi connectivity index (χ1v) is 10.2. The molecule has 0 spiro atoms. The lowest BCUT2D eigenvalue weighted by atomic mass is 10.1. The second-order valence-electron chi connectivity index (χ2n) is 7.52. The van der Waals surface area contributed by atoms with Crippen LogP contribution in [0.3, 0.4) is 0 Å². The van der Waals surface area contributed by atoms with Crippen molar-refractivity contribution < 1.29 is 18.6 Å². The summed E-state index contributed by atoms with van der Waals surface area (Å²) in [6, 6.07) is 6.54. The molecule has 2 saturated heterocycles. The standard InChI is InChI=1S/C21H32FN3O3/c1-16-12-25(13-20(28-16)18-4-6-19(22)7-5-18)21(23-2)24-9-3-10-26-14-17-8-11-27-15-17/h4-7,16-17,20H,3,8-15H2,1-2H3,(H,23,24). The van der Waals surface area contributed by atoms with Crippen LogP contribution in [0.4, 0.5) is 4.39 Å². The molecule has 2 heterocycles. The zero-order chi connectivity index (χ0) is 19.8. The molecule has 0 aliphatic carbocycles. The van der Waals surface area contributed by atoms with Crippen molar-refractivity contribution in [3.63, 3.8) is 0 Å². The molecule has 0 radical (unpaired) electrons. The third-order valence-corrected chi connectivity index (χ3v) is 5.14. The van der Waals surface area contributed by atoms with Crippen molar-refractivity contribution in [2.24, 2.45) is 10.9 Å². The van der Waals surface area contributed by atoms with Crippen LogP contribution in [0.2, 0.25) is 0 Å². The number of hydrogen-bond donors (Lipinski definition) is 1. The van der Waals surface area contributed by atoms with Crippen LogP contribution < -0.4 is 5.32 Å². The van der Waals surface area contributed by atoms with Crippen LogP contribution >= 0.6 is 0 Å². The lowest BCUT2D eigenvalue weighted by Crippen LogP contribution is -2.50. The zero-order valence-corrected chi connectivity index (χ0v) is 16.9. The molecule has 1 aromatic carbocycles. The predicted molar refractivity (Wildman–Crippen MR) is 107 cm³/mol. The van der Waals surface area contributed by atoms with Crippen molar-refractivity contribution in [3.8, 4) is 0 Å². The first kappa shape index (κ1) is 21.0. The van der Waals surface area contributed by atoms with Crippen LogP contribution in [0, 0.1) is 11.7 Å². The largest absolute Gasteiger partial charge is 0.381 e. The molecule has 156 valence electrons. The SMILES string of the molecule is CN=C(NCCCOCC1CCOC1)N1CC(C)OC(c2ccc(F)cc2)C1. The van der Waals surface area contributed by atoms with Gasteiger partial charge in [0.1, 0.15) is 11.9 Å². The Hall–Kier alpha value is -1.70. The fraction of sp³-hybridized carbons (Fsp3) is 0.667. The molecule has 1 aromatic rings. The Morgan fingerprint density at radius 1 is 1.32 bits per heavy atom. The van der Waals surface area contributed by atoms with Crippen molar-refractivity contribution in [2.45, 2.75) is 32.0 Å². The van der Waals surface area contributed by atoms with E-state index in [1.165, 1.54) is 12.1 Å². The Morgan fingerprint density at radius 2 is 2.14 bits per heavy atom. The number of hydrogen-bond acceptors (Lipinski definition) is 4. The number of rotatable bonds is 7. The van der Waals surface area contributed by atoms with Crippen molar-refractivity contribution in [1.29, 1.82) is 0 Å². The minimum atomic E-state index is -0.232. The van der Waals surface area contributed by atoms with Gasteiger partial charge in [0.15, 0.2) is 5.96 Å². The van der Waals surface area contributed by atoms with Gasteiger partial charge in [0.25, 0.3) is 0 Å². The van der Waals surface area contributed by atoms with Crippen LogP contribution in [-0.4, -0.2) is 70.1 Å². The molecule has 0 bridgehead atoms. The van der Waals surface area contributed by atoms with Crippen molar-refractivity contribution in [1.82, 2.24) is 10.2 Å². The molecule has 0 amide bonds. The summed E-state index contributed by atoms with van der Waals surface area (Å²) in [4.78, 5) is 6.64. The summed E-state index contributed by atoms with van der Waals surface area (Å²) >= 11 is 0. The van der Waals surface area contributed by atoms with E-state index in [0.717, 1.165) is 63.9 Å². The second-order valence-corrected chi connectivity index (χ2v) is 7.52. The molecule has 3 rings (SSSR count). The lowest BCUT2D eigenvalue weighted by molar-refractivity contribution is -0.0605. The van der Waals surface area contributed by atoms with Gasteiger partial charge in [-0.2, -0.15) is 0 Å². The van der Waals surface area contributed by atoms with Gasteiger partial charge in [-0.25, -0.2) is 4.39 Å². The zero-order valence-electron chi connectivity index (χ0n) is 16.9. The van der Waals surface area contributed by atoms with E-state index < -0.39 is 0 Å². The summed E-state index contributed by atoms with van der Waals surface area (Å²) in [7, 11) is 1.80. The first-order chi connectivity index (χ1) is 13.7. The number of aliphatic imine (C=N–C) groups is 1. The third-order valence-electron chi connectivity index (χ3n) is 5.14. The molecule has 3 atom stereocenters. The Kier molecular flexibility index (Phi) is 8.06. The first-order valence-electron chi connectivity index (χ1n) is 10.2. The van der Waals surface area contributed by atoms with E-state index in [0.29, 0.717) is 12.5 Å². The van der Waals surface area contributed by atoms with E-state index in [1.54, 1.807) is 19.2 Å². The molecule has 7 heteroatoms. The van der Waals surface area contributed by atoms with E-state index in [2.05, 4.69) is 22.1 Å². The van der Waals surface area contributed by atoms with Crippen LogP contribution in [0.1, 0.15) is 31.4 Å². The number of halogens is 1. The maximum atomic E-state index is 13.2. The average molecular weight is 394 g/mol. The number of nitrogens with one attached hydrogen (secondary N) is 1. The highest BCUT2D eigenvalue weighted by Crippen LogP contribution is 2.25. The number of morpholine rings is 1. The summed E-state index contributed by atoms with van der Waals surface area (Å²) < 4.78 is 30.4. The molecular weight excluding hydrogens is 361 g/mol. The van der Waals surface area contributed by atoms with Crippen molar-refractivity contribution >= 4 is 5.96 Å². The molecule has 2 fully saturated rings. The molecule has 3 unspecified atom stereocenters. The van der Waals surface area contributed by atoms with Gasteiger partial charge in [0.05, 0.1) is 25.9 Å². The van der Waals surface area contributed by atoms with Gasteiger partial charge in [-0.05, 0) is 37.5 Å². The number of benzene rings is 1. The smallest absolute Gasteiger partial charge is 0.193 e. The summed E-state index contributed by atoms with van der Waals surface area (Å²) in [5.74, 6) is 1.19. The number of nitrogens with zero attached hydrogens (tertiary/aromatic N) is 2. The Balaban J connectivity index is 1.42. The van der Waals surface area contributed by atoms with E-state index in [9.17, 15) is 4.39 Å². The Morgan fingerprint density at radius 3 is 2.86 bits per heavy atom. The quantitative estimate of drug-likeness (QED) is 0.438. The van der Waals surface area contributed by atoms with Gasteiger partial charge in [-0.1, -0.05) is 12.1 Å². The fourth-order valence-corrected chi connectivity index (χ4v) is 3.66. The normalized spacial score (nSPS) is 25.9. The minimum Gasteiger partial charge on any atom is -0.381 e. The van der Waals surface area contributed by atoms with Crippen molar-refractivity contribution in [2.75, 3.05) is 53.1 Å². The highest BCUT2D eigenvalue weighted by atomic mass is 19.1. The molecule has 1 N–H and O–H groups in total. The highest BCUT2D eigenvalue weighted by Gasteiger charge is 2.28. The van der Waals surface area contributed by atoms with E-state index in [1.807, 2.05) is 0 Å². The van der Waals surface area contributed by atoms with Gasteiger partial charge in [-0.3, -0.25) is 4.99 Å². The lowest BCUT2D eigenvalue weighted by Gasteiger charge is -2.38. The number of ether oxygens (including phenoxy) is 3. The van der Waals surface area contributed by atoms with E-state index >= 15 is 0 Å². The minimum absolute atomic E-state index is 0.0688. The fourth-order valence-electron chi connectivity index (χ4n) is 3.66. The maximum Gasteiger partial charge on any atom is 0.193 e. The highest BCUT2D eigenvalue weighted by molar-refractivity contribution is 5.80. The van der Waals surface area contributed by atoms with Gasteiger partial charge < -0.3 is 24.4 Å². The van der Waals surface area contributed by atoms with Crippen LogP contribution in [0.5, 0.6) is 0 Å². The van der Waals surface area contributed by atoms with E-state index in [-0.39, 0.29) is 18.0 Å². The van der Waals surface area contributed by atoms with Gasteiger partial charge in [0.2, 0.25) is 0 Å². The third kappa shape index (κ3) is 6.15. The van der Waals surface area contributed by atoms with Gasteiger partial charge in [-0.15, -0.1) is 0 Å². The topological polar surface area (TPSA) is 55.3 Å². The molecule has 28 heavy (non-hydrogen) atoms. The van der Waals surface area contributed by atoms with Gasteiger partial charge >= 0.3 is 0 Å². The molecule has 0 saturated carbocycles. The van der Waals surface area contributed by atoms with Crippen molar-refractivity contribution in [3.05, 3.63) is 35.6 Å². The molecule has 6 nitrogen and oxygen atoms in total. The average Bonchev–Trinajstić information content (AvgIpc) is 3.21. The molecule has 0 aromatic heterocycles. The number of guanidine groups is 1.